The van der Waals surface area contributed by atoms with Crippen LogP contribution in [0, 0.1) is 0 Å². The van der Waals surface area contributed by atoms with Crippen LogP contribution in [0.5, 0.6) is 5.75 Å². The zero-order chi connectivity index (χ0) is 22.3. The zero-order valence-corrected chi connectivity index (χ0v) is 19.1. The molecule has 6 nitrogen and oxygen atoms in total. The fraction of sp³-hybridized carbons (Fsp3) is 0.136. The molecule has 9 heteroatoms. The first-order valence-electron chi connectivity index (χ1n) is 9.25. The lowest BCUT2D eigenvalue weighted by atomic mass is 10.2. The molecule has 2 N–H and O–H groups in total. The number of anilines is 2. The topological polar surface area (TPSA) is 84.5 Å². The fourth-order valence-corrected chi connectivity index (χ4v) is 4.60. The third-order valence-corrected chi connectivity index (χ3v) is 6.86. The van der Waals surface area contributed by atoms with Gasteiger partial charge in [0.1, 0.15) is 5.75 Å². The molecule has 0 saturated heterocycles. The summed E-state index contributed by atoms with van der Waals surface area (Å²) >= 11 is 7.34. The van der Waals surface area contributed by atoms with Crippen molar-refractivity contribution in [1.82, 2.24) is 0 Å². The smallest absolute Gasteiger partial charge is 0.261 e. The van der Waals surface area contributed by atoms with Gasteiger partial charge in [0.2, 0.25) is 5.91 Å². The minimum absolute atomic E-state index is 0.0958. The lowest BCUT2D eigenvalue weighted by molar-refractivity contribution is -0.113. The summed E-state index contributed by atoms with van der Waals surface area (Å²) in [6.07, 6.45) is 0. The maximum atomic E-state index is 12.5. The number of carbonyl (C=O) groups is 1. The summed E-state index contributed by atoms with van der Waals surface area (Å²) < 4.78 is 32.7. The SMILES string of the molecule is COc1ccc(NS(=O)(=O)c2ccc(NC(=O)CSCc3ccc(Cl)cc3)cc2)cc1. The molecule has 0 saturated carbocycles. The number of sulfonamides is 1. The van der Waals surface area contributed by atoms with Crippen LogP contribution in [0.2, 0.25) is 5.02 Å². The van der Waals surface area contributed by atoms with Crippen LogP contribution in [0.3, 0.4) is 0 Å². The summed E-state index contributed by atoms with van der Waals surface area (Å²) in [5, 5.41) is 3.45. The van der Waals surface area contributed by atoms with E-state index in [2.05, 4.69) is 10.0 Å². The van der Waals surface area contributed by atoms with Crippen LogP contribution in [0.15, 0.2) is 77.7 Å². The quantitative estimate of drug-likeness (QED) is 0.453. The molecule has 0 unspecified atom stereocenters. The van der Waals surface area contributed by atoms with Gasteiger partial charge >= 0.3 is 0 Å². The van der Waals surface area contributed by atoms with Gasteiger partial charge in [-0.15, -0.1) is 11.8 Å². The standard InChI is InChI=1S/C22H21ClN2O4S2/c1-29-20-10-6-19(7-11-20)25-31(27,28)21-12-8-18(9-13-21)24-22(26)15-30-14-16-2-4-17(23)5-3-16/h2-13,25H,14-15H2,1H3,(H,24,26). The zero-order valence-electron chi connectivity index (χ0n) is 16.7. The molecule has 0 fully saturated rings. The number of amides is 1. The number of rotatable bonds is 9. The molecule has 3 rings (SSSR count). The largest absolute Gasteiger partial charge is 0.497 e. The molecule has 3 aromatic carbocycles. The average molecular weight is 477 g/mol. The van der Waals surface area contributed by atoms with Crippen LogP contribution in [0.25, 0.3) is 0 Å². The molecule has 3 aromatic rings. The van der Waals surface area contributed by atoms with Crippen LogP contribution < -0.4 is 14.8 Å². The van der Waals surface area contributed by atoms with E-state index < -0.39 is 10.0 Å². The van der Waals surface area contributed by atoms with Crippen molar-refractivity contribution in [2.75, 3.05) is 22.9 Å². The van der Waals surface area contributed by atoms with Crippen molar-refractivity contribution >= 4 is 50.7 Å². The molecule has 0 aromatic heterocycles. The Kier molecular flexibility index (Phi) is 7.84. The predicted molar refractivity (Wildman–Crippen MR) is 126 cm³/mol. The first-order valence-corrected chi connectivity index (χ1v) is 12.3. The van der Waals surface area contributed by atoms with E-state index in [-0.39, 0.29) is 16.6 Å². The Balaban J connectivity index is 1.52. The number of carbonyl (C=O) groups excluding carboxylic acids is 1. The number of hydrogen-bond donors (Lipinski definition) is 2. The lowest BCUT2D eigenvalue weighted by Gasteiger charge is -2.10. The van der Waals surface area contributed by atoms with E-state index >= 15 is 0 Å². The van der Waals surface area contributed by atoms with Crippen LogP contribution in [-0.2, 0) is 20.6 Å². The second-order valence-corrected chi connectivity index (χ2v) is 9.63. The normalized spacial score (nSPS) is 11.0. The number of halogens is 1. The molecular formula is C22H21ClN2O4S2. The average Bonchev–Trinajstić information content (AvgIpc) is 2.76. The highest BCUT2D eigenvalue weighted by atomic mass is 35.5. The van der Waals surface area contributed by atoms with Crippen molar-refractivity contribution in [3.8, 4) is 5.75 Å². The summed E-state index contributed by atoms with van der Waals surface area (Å²) in [6.45, 7) is 0. The summed E-state index contributed by atoms with van der Waals surface area (Å²) in [4.78, 5) is 12.2. The maximum Gasteiger partial charge on any atom is 0.261 e. The van der Waals surface area contributed by atoms with E-state index in [1.165, 1.54) is 31.0 Å². The molecule has 162 valence electrons. The molecule has 0 aliphatic carbocycles. The number of hydrogen-bond acceptors (Lipinski definition) is 5. The molecule has 0 aliphatic rings. The summed E-state index contributed by atoms with van der Waals surface area (Å²) in [5.74, 6) is 1.45. The molecule has 0 bridgehead atoms. The third-order valence-electron chi connectivity index (χ3n) is 4.21. The maximum absolute atomic E-state index is 12.5. The fourth-order valence-electron chi connectivity index (χ4n) is 2.63. The van der Waals surface area contributed by atoms with Gasteiger partial charge in [-0.3, -0.25) is 9.52 Å². The Morgan fingerprint density at radius 1 is 0.935 bits per heavy atom. The molecule has 0 atom stereocenters. The predicted octanol–water partition coefficient (Wildman–Crippen LogP) is 5.02. The van der Waals surface area contributed by atoms with Crippen molar-refractivity contribution in [3.63, 3.8) is 0 Å². The second-order valence-electron chi connectivity index (χ2n) is 6.53. The van der Waals surface area contributed by atoms with Gasteiger partial charge in [-0.25, -0.2) is 8.42 Å². The van der Waals surface area contributed by atoms with Crippen LogP contribution >= 0.6 is 23.4 Å². The van der Waals surface area contributed by atoms with Gasteiger partial charge < -0.3 is 10.1 Å². The van der Waals surface area contributed by atoms with Gasteiger partial charge in [-0.1, -0.05) is 23.7 Å². The van der Waals surface area contributed by atoms with E-state index in [1.54, 1.807) is 36.4 Å². The molecule has 0 spiro atoms. The molecule has 0 radical (unpaired) electrons. The van der Waals surface area contributed by atoms with Crippen molar-refractivity contribution in [2.24, 2.45) is 0 Å². The van der Waals surface area contributed by atoms with Gasteiger partial charge in [0, 0.05) is 22.2 Å². The Morgan fingerprint density at radius 3 is 2.16 bits per heavy atom. The number of benzene rings is 3. The van der Waals surface area contributed by atoms with Crippen molar-refractivity contribution in [3.05, 3.63) is 83.4 Å². The number of nitrogens with one attached hydrogen (secondary N) is 2. The van der Waals surface area contributed by atoms with Crippen LogP contribution in [-0.4, -0.2) is 27.2 Å². The third kappa shape index (κ3) is 6.92. The highest BCUT2D eigenvalue weighted by Gasteiger charge is 2.14. The first-order chi connectivity index (χ1) is 14.9. The van der Waals surface area contributed by atoms with Gasteiger partial charge in [-0.05, 0) is 66.2 Å². The van der Waals surface area contributed by atoms with E-state index in [0.717, 1.165) is 5.56 Å². The number of ether oxygens (including phenoxy) is 1. The minimum atomic E-state index is -3.74. The van der Waals surface area contributed by atoms with Gasteiger partial charge in [0.05, 0.1) is 17.8 Å². The lowest BCUT2D eigenvalue weighted by Crippen LogP contribution is -2.15. The minimum Gasteiger partial charge on any atom is -0.497 e. The summed E-state index contributed by atoms with van der Waals surface area (Å²) in [7, 11) is -2.20. The van der Waals surface area contributed by atoms with Crippen LogP contribution in [0.4, 0.5) is 11.4 Å². The highest BCUT2D eigenvalue weighted by molar-refractivity contribution is 7.99. The Bertz CT molecular complexity index is 1120. The Morgan fingerprint density at radius 2 is 1.55 bits per heavy atom. The highest BCUT2D eigenvalue weighted by Crippen LogP contribution is 2.21. The number of methoxy groups -OCH3 is 1. The van der Waals surface area contributed by atoms with E-state index in [9.17, 15) is 13.2 Å². The molecular weight excluding hydrogens is 456 g/mol. The van der Waals surface area contributed by atoms with Gasteiger partial charge in [0.15, 0.2) is 0 Å². The van der Waals surface area contributed by atoms with Gasteiger partial charge in [-0.2, -0.15) is 0 Å². The second kappa shape index (κ2) is 10.6. The first kappa shape index (κ1) is 23.0. The molecule has 0 aliphatic heterocycles. The monoisotopic (exact) mass is 476 g/mol. The Labute approximate surface area is 191 Å². The Hall–Kier alpha value is -2.68. The van der Waals surface area contributed by atoms with E-state index in [0.29, 0.717) is 27.9 Å². The summed E-state index contributed by atoms with van der Waals surface area (Å²) in [5.41, 5.74) is 2.04. The number of thioether (sulfide) groups is 1. The summed E-state index contributed by atoms with van der Waals surface area (Å²) in [6, 6.07) is 20.1. The van der Waals surface area contributed by atoms with Crippen molar-refractivity contribution < 1.29 is 17.9 Å². The van der Waals surface area contributed by atoms with Crippen molar-refractivity contribution in [1.29, 1.82) is 0 Å². The van der Waals surface area contributed by atoms with E-state index in [1.807, 2.05) is 24.3 Å². The van der Waals surface area contributed by atoms with E-state index in [4.69, 9.17) is 16.3 Å². The molecule has 0 heterocycles. The molecule has 1 amide bonds. The van der Waals surface area contributed by atoms with Crippen molar-refractivity contribution in [2.45, 2.75) is 10.6 Å². The molecule has 31 heavy (non-hydrogen) atoms. The van der Waals surface area contributed by atoms with Crippen LogP contribution in [0.1, 0.15) is 5.56 Å². The van der Waals surface area contributed by atoms with Gasteiger partial charge in [0.25, 0.3) is 10.0 Å².